The first-order valence-corrected chi connectivity index (χ1v) is 8.54. The summed E-state index contributed by atoms with van der Waals surface area (Å²) in [5, 5.41) is 6.90. The molecule has 1 fully saturated rings. The molecule has 1 aromatic heterocycles. The lowest BCUT2D eigenvalue weighted by molar-refractivity contribution is -0.137. The molecule has 0 amide bonds. The van der Waals surface area contributed by atoms with Crippen LogP contribution in [0.4, 0.5) is 18.9 Å². The molecule has 1 N–H and O–H groups in total. The summed E-state index contributed by atoms with van der Waals surface area (Å²) in [5.74, 6) is 1.72. The van der Waals surface area contributed by atoms with Crippen LogP contribution in [0.3, 0.4) is 0 Å². The fraction of sp³-hybridized carbons (Fsp3) is 0.471. The van der Waals surface area contributed by atoms with Gasteiger partial charge >= 0.3 is 6.18 Å². The van der Waals surface area contributed by atoms with Crippen LogP contribution in [-0.2, 0) is 12.7 Å². The number of nitrogens with zero attached hydrogens (tertiary/aromatic N) is 5. The summed E-state index contributed by atoms with van der Waals surface area (Å²) in [6, 6.07) is 5.43. The van der Waals surface area contributed by atoms with Gasteiger partial charge in [0.15, 0.2) is 11.8 Å². The highest BCUT2D eigenvalue weighted by atomic mass is 19.4. The summed E-state index contributed by atoms with van der Waals surface area (Å²) in [4.78, 5) is 12.4. The molecule has 2 heterocycles. The maximum atomic E-state index is 12.9. The predicted molar refractivity (Wildman–Crippen MR) is 94.5 cm³/mol. The number of anilines is 1. The molecule has 0 spiro atoms. The van der Waals surface area contributed by atoms with Crippen LogP contribution in [0.2, 0.25) is 0 Å². The third-order valence-corrected chi connectivity index (χ3v) is 4.30. The fourth-order valence-corrected chi connectivity index (χ4v) is 2.95. The zero-order valence-corrected chi connectivity index (χ0v) is 15.1. The van der Waals surface area contributed by atoms with Crippen molar-refractivity contribution in [2.75, 3.05) is 38.1 Å². The van der Waals surface area contributed by atoms with Gasteiger partial charge in [0.25, 0.3) is 0 Å². The lowest BCUT2D eigenvalue weighted by Crippen LogP contribution is -2.52. The van der Waals surface area contributed by atoms with E-state index in [9.17, 15) is 13.2 Å². The number of halogens is 3. The Kier molecular flexibility index (Phi) is 5.52. The number of guanidine groups is 1. The number of aliphatic imine (C=N–C) groups is 1. The van der Waals surface area contributed by atoms with E-state index in [2.05, 4.69) is 20.4 Å². The summed E-state index contributed by atoms with van der Waals surface area (Å²) in [7, 11) is 1.68. The smallest absolute Gasteiger partial charge is 0.368 e. The van der Waals surface area contributed by atoms with Crippen LogP contribution in [-0.4, -0.2) is 54.2 Å². The van der Waals surface area contributed by atoms with Gasteiger partial charge in [0, 0.05) is 38.9 Å². The minimum absolute atomic E-state index is 0.362. The van der Waals surface area contributed by atoms with Crippen LogP contribution < -0.4 is 10.2 Å². The number of alkyl halides is 3. The molecule has 0 unspecified atom stereocenters. The lowest BCUT2D eigenvalue weighted by atomic mass is 10.1. The van der Waals surface area contributed by atoms with Crippen LogP contribution >= 0.6 is 0 Å². The van der Waals surface area contributed by atoms with E-state index < -0.39 is 11.7 Å². The molecule has 0 bridgehead atoms. The summed E-state index contributed by atoms with van der Waals surface area (Å²) in [6.45, 7) is 4.58. The number of hydrogen-bond donors (Lipinski definition) is 1. The molecule has 1 saturated heterocycles. The van der Waals surface area contributed by atoms with E-state index in [0.29, 0.717) is 56.1 Å². The van der Waals surface area contributed by atoms with Crippen molar-refractivity contribution in [3.8, 4) is 0 Å². The summed E-state index contributed by atoms with van der Waals surface area (Å²) < 4.78 is 43.8. The van der Waals surface area contributed by atoms with E-state index in [4.69, 9.17) is 4.52 Å². The van der Waals surface area contributed by atoms with Crippen molar-refractivity contribution < 1.29 is 17.7 Å². The Bertz CT molecular complexity index is 796. The van der Waals surface area contributed by atoms with Crippen LogP contribution in [0.15, 0.2) is 33.8 Å². The topological polar surface area (TPSA) is 69.8 Å². The number of piperazine rings is 1. The van der Waals surface area contributed by atoms with E-state index in [1.807, 2.05) is 9.80 Å². The van der Waals surface area contributed by atoms with Crippen molar-refractivity contribution in [3.05, 3.63) is 41.5 Å². The Morgan fingerprint density at radius 2 is 2.00 bits per heavy atom. The number of aryl methyl sites for hydroxylation is 1. The second-order valence-corrected chi connectivity index (χ2v) is 6.16. The number of hydrogen-bond acceptors (Lipinski definition) is 5. The van der Waals surface area contributed by atoms with E-state index >= 15 is 0 Å². The predicted octanol–water partition coefficient (Wildman–Crippen LogP) is 2.29. The van der Waals surface area contributed by atoms with Gasteiger partial charge in [-0.05, 0) is 25.1 Å². The molecule has 1 aliphatic heterocycles. The highest BCUT2D eigenvalue weighted by Gasteiger charge is 2.31. The van der Waals surface area contributed by atoms with E-state index in [-0.39, 0.29) is 0 Å². The molecule has 0 aliphatic carbocycles. The average Bonchev–Trinajstić information content (AvgIpc) is 3.07. The molecule has 10 heteroatoms. The van der Waals surface area contributed by atoms with Gasteiger partial charge in [-0.25, -0.2) is 0 Å². The molecule has 27 heavy (non-hydrogen) atoms. The van der Waals surface area contributed by atoms with Crippen molar-refractivity contribution >= 4 is 11.6 Å². The normalized spacial score (nSPS) is 16.0. The van der Waals surface area contributed by atoms with E-state index in [0.717, 1.165) is 6.07 Å². The summed E-state index contributed by atoms with van der Waals surface area (Å²) in [6.07, 6.45) is -4.34. The molecule has 146 valence electrons. The maximum absolute atomic E-state index is 12.9. The average molecular weight is 382 g/mol. The molecule has 0 atom stereocenters. The zero-order valence-electron chi connectivity index (χ0n) is 15.1. The molecule has 2 aromatic rings. The van der Waals surface area contributed by atoms with Crippen molar-refractivity contribution in [2.45, 2.75) is 19.6 Å². The quantitative estimate of drug-likeness (QED) is 0.649. The van der Waals surface area contributed by atoms with E-state index in [1.165, 1.54) is 12.1 Å². The van der Waals surface area contributed by atoms with Gasteiger partial charge in [0.2, 0.25) is 5.89 Å². The molecular formula is C17H21F3N6O. The summed E-state index contributed by atoms with van der Waals surface area (Å²) in [5.41, 5.74) is -0.0523. The Hall–Kier alpha value is -2.78. The molecular weight excluding hydrogens is 361 g/mol. The SMILES string of the molecule is CN=C(NCc1nc(C)no1)N1CCN(c2cccc(C(F)(F)F)c2)CC1. The number of rotatable bonds is 3. The Balaban J connectivity index is 1.57. The zero-order chi connectivity index (χ0) is 19.4. The van der Waals surface area contributed by atoms with E-state index in [1.54, 1.807) is 20.0 Å². The van der Waals surface area contributed by atoms with Crippen LogP contribution in [0, 0.1) is 6.92 Å². The van der Waals surface area contributed by atoms with Crippen LogP contribution in [0.5, 0.6) is 0 Å². The van der Waals surface area contributed by atoms with Gasteiger partial charge < -0.3 is 19.6 Å². The second-order valence-electron chi connectivity index (χ2n) is 6.16. The Morgan fingerprint density at radius 1 is 1.26 bits per heavy atom. The highest BCUT2D eigenvalue weighted by molar-refractivity contribution is 5.80. The monoisotopic (exact) mass is 382 g/mol. The minimum Gasteiger partial charge on any atom is -0.368 e. The van der Waals surface area contributed by atoms with Gasteiger partial charge in [0.1, 0.15) is 0 Å². The third-order valence-electron chi connectivity index (χ3n) is 4.30. The molecule has 1 aliphatic rings. The van der Waals surface area contributed by atoms with Gasteiger partial charge in [0.05, 0.1) is 12.1 Å². The van der Waals surface area contributed by atoms with Crippen molar-refractivity contribution in [1.29, 1.82) is 0 Å². The largest absolute Gasteiger partial charge is 0.416 e. The first-order valence-electron chi connectivity index (χ1n) is 8.54. The van der Waals surface area contributed by atoms with Gasteiger partial charge in [-0.15, -0.1) is 0 Å². The lowest BCUT2D eigenvalue weighted by Gasteiger charge is -2.37. The minimum atomic E-state index is -4.34. The van der Waals surface area contributed by atoms with Crippen LogP contribution in [0.1, 0.15) is 17.3 Å². The Labute approximate surface area is 154 Å². The molecule has 0 radical (unpaired) electrons. The van der Waals surface area contributed by atoms with Gasteiger partial charge in [-0.3, -0.25) is 4.99 Å². The molecule has 3 rings (SSSR count). The van der Waals surface area contributed by atoms with Crippen molar-refractivity contribution in [3.63, 3.8) is 0 Å². The molecule has 7 nitrogen and oxygen atoms in total. The Morgan fingerprint density at radius 3 is 2.59 bits per heavy atom. The standard InChI is InChI=1S/C17H21F3N6O/c1-12-23-15(27-24-12)11-22-16(21-2)26-8-6-25(7-9-26)14-5-3-4-13(10-14)17(18,19)20/h3-5,10H,6-9,11H2,1-2H3,(H,21,22). The maximum Gasteiger partial charge on any atom is 0.416 e. The number of benzene rings is 1. The fourth-order valence-electron chi connectivity index (χ4n) is 2.95. The first-order chi connectivity index (χ1) is 12.9. The van der Waals surface area contributed by atoms with Crippen molar-refractivity contribution in [1.82, 2.24) is 20.4 Å². The number of nitrogens with one attached hydrogen (secondary N) is 1. The summed E-state index contributed by atoms with van der Waals surface area (Å²) >= 11 is 0. The van der Waals surface area contributed by atoms with Gasteiger partial charge in [-0.1, -0.05) is 11.2 Å². The first kappa shape index (κ1) is 19.0. The van der Waals surface area contributed by atoms with Crippen molar-refractivity contribution in [2.24, 2.45) is 4.99 Å². The highest BCUT2D eigenvalue weighted by Crippen LogP contribution is 2.31. The van der Waals surface area contributed by atoms with Crippen LogP contribution in [0.25, 0.3) is 0 Å². The second kappa shape index (κ2) is 7.85. The third kappa shape index (κ3) is 4.69. The number of aromatic nitrogens is 2. The molecule has 1 aromatic carbocycles. The molecule has 0 saturated carbocycles. The van der Waals surface area contributed by atoms with Gasteiger partial charge in [-0.2, -0.15) is 18.2 Å².